The summed E-state index contributed by atoms with van der Waals surface area (Å²) in [5, 5.41) is 13.1. The third-order valence-electron chi connectivity index (χ3n) is 8.82. The average Bonchev–Trinajstić information content (AvgIpc) is 2.98. The van der Waals surface area contributed by atoms with E-state index >= 15 is 4.39 Å². The maximum atomic E-state index is 15.0. The highest BCUT2D eigenvalue weighted by Gasteiger charge is 2.36. The van der Waals surface area contributed by atoms with E-state index in [0.717, 1.165) is 51.6 Å². The summed E-state index contributed by atoms with van der Waals surface area (Å²) >= 11 is 6.80. The molecule has 3 heterocycles. The molecule has 1 amide bonds. The summed E-state index contributed by atoms with van der Waals surface area (Å²) in [5.74, 6) is -0.958. The van der Waals surface area contributed by atoms with Crippen LogP contribution in [-0.2, 0) is 4.79 Å². The molecule has 8 nitrogen and oxygen atoms in total. The minimum absolute atomic E-state index is 0.0167. The molecule has 2 N–H and O–H groups in total. The standard InChI is InChI=1S/C32H41ClF2N6O2/c1-5-28(42)40-17-21(3)41(18-20(40)2)32(36)25-16-26(33)29(24-9-8-22(34)15-27(24)35)31-30(25)37-23(19-43-31)7-6-10-39-13-11-38(4)12-14-39/h5,8-9,15-16,20-21,23,36-37H,1,6-7,10-14,17-19H2,2-4H3/t20-,21+,23-/m1/s1. The molecule has 0 aromatic heterocycles. The molecule has 0 radical (unpaired) electrons. The molecule has 11 heteroatoms. The number of likely N-dealkylation sites (N-methyl/N-ethyl adjacent to an activating group) is 1. The molecule has 3 aliphatic heterocycles. The van der Waals surface area contributed by atoms with Crippen molar-refractivity contribution in [1.29, 1.82) is 5.41 Å². The Labute approximate surface area is 257 Å². The van der Waals surface area contributed by atoms with Gasteiger partial charge in [-0.05, 0) is 64.6 Å². The first-order valence-electron chi connectivity index (χ1n) is 15.0. The zero-order valence-electron chi connectivity index (χ0n) is 25.1. The fraction of sp³-hybridized carbons (Fsp3) is 0.500. The Morgan fingerprint density at radius 1 is 1.14 bits per heavy atom. The number of nitrogens with one attached hydrogen (secondary N) is 2. The van der Waals surface area contributed by atoms with E-state index in [1.54, 1.807) is 11.0 Å². The van der Waals surface area contributed by atoms with Gasteiger partial charge in [0, 0.05) is 74.1 Å². The molecule has 0 bridgehead atoms. The Kier molecular flexibility index (Phi) is 9.58. The fourth-order valence-electron chi connectivity index (χ4n) is 6.28. The first kappa shape index (κ1) is 31.2. The number of carbonyl (C=O) groups is 1. The van der Waals surface area contributed by atoms with E-state index in [9.17, 15) is 14.6 Å². The Bertz CT molecular complexity index is 1380. The monoisotopic (exact) mass is 614 g/mol. The van der Waals surface area contributed by atoms with E-state index in [1.807, 2.05) is 18.7 Å². The minimum atomic E-state index is -0.740. The molecule has 2 saturated heterocycles. The van der Waals surface area contributed by atoms with Crippen molar-refractivity contribution in [3.8, 4) is 16.9 Å². The molecule has 0 aliphatic carbocycles. The second kappa shape index (κ2) is 13.2. The predicted molar refractivity (Wildman–Crippen MR) is 167 cm³/mol. The van der Waals surface area contributed by atoms with Crippen LogP contribution in [-0.4, -0.2) is 109 Å². The van der Waals surface area contributed by atoms with Gasteiger partial charge in [0.25, 0.3) is 0 Å². The van der Waals surface area contributed by atoms with Crippen molar-refractivity contribution < 1.29 is 18.3 Å². The first-order valence-corrected chi connectivity index (χ1v) is 15.4. The van der Waals surface area contributed by atoms with E-state index in [0.29, 0.717) is 42.3 Å². The molecule has 3 atom stereocenters. The van der Waals surface area contributed by atoms with Gasteiger partial charge in [0.05, 0.1) is 16.8 Å². The van der Waals surface area contributed by atoms with Crippen molar-refractivity contribution in [2.45, 2.75) is 44.8 Å². The lowest BCUT2D eigenvalue weighted by Crippen LogP contribution is -2.59. The number of anilines is 1. The average molecular weight is 615 g/mol. The highest BCUT2D eigenvalue weighted by Crippen LogP contribution is 2.47. The third kappa shape index (κ3) is 6.66. The molecule has 3 aliphatic rings. The Morgan fingerprint density at radius 3 is 2.53 bits per heavy atom. The first-order chi connectivity index (χ1) is 20.6. The van der Waals surface area contributed by atoms with Crippen LogP contribution >= 0.6 is 11.6 Å². The second-order valence-corrected chi connectivity index (χ2v) is 12.3. The van der Waals surface area contributed by atoms with Crippen molar-refractivity contribution in [2.75, 3.05) is 64.8 Å². The fourth-order valence-corrected chi connectivity index (χ4v) is 6.58. The van der Waals surface area contributed by atoms with Gasteiger partial charge in [-0.25, -0.2) is 8.78 Å². The molecule has 2 aromatic rings. The van der Waals surface area contributed by atoms with Crippen molar-refractivity contribution in [1.82, 2.24) is 19.6 Å². The molecular formula is C32H41ClF2N6O2. The maximum absolute atomic E-state index is 15.0. The van der Waals surface area contributed by atoms with E-state index in [2.05, 4.69) is 28.7 Å². The minimum Gasteiger partial charge on any atom is -0.489 e. The number of rotatable bonds is 7. The van der Waals surface area contributed by atoms with Crippen LogP contribution in [0, 0.1) is 17.0 Å². The van der Waals surface area contributed by atoms with Gasteiger partial charge in [-0.3, -0.25) is 10.2 Å². The zero-order valence-corrected chi connectivity index (χ0v) is 25.9. The van der Waals surface area contributed by atoms with Crippen LogP contribution < -0.4 is 10.1 Å². The Hall–Kier alpha value is -3.21. The summed E-state index contributed by atoms with van der Waals surface area (Å²) in [7, 11) is 2.15. The SMILES string of the molecule is C=CC(=O)N1C[C@H](C)N(C(=N)c2cc(Cl)c(-c3ccc(F)cc3F)c3c2N[C@H](CCCN2CCN(C)CC2)CO3)C[C@H]1C. The van der Waals surface area contributed by atoms with Crippen LogP contribution in [0.5, 0.6) is 5.75 Å². The van der Waals surface area contributed by atoms with Gasteiger partial charge in [-0.1, -0.05) is 18.2 Å². The van der Waals surface area contributed by atoms with Gasteiger partial charge in [-0.2, -0.15) is 0 Å². The van der Waals surface area contributed by atoms with Crippen LogP contribution in [0.1, 0.15) is 32.3 Å². The number of piperazine rings is 2. The van der Waals surface area contributed by atoms with E-state index in [1.165, 1.54) is 18.2 Å². The third-order valence-corrected chi connectivity index (χ3v) is 9.12. The summed E-state index contributed by atoms with van der Waals surface area (Å²) in [6.45, 7) is 14.1. The molecule has 5 rings (SSSR count). The van der Waals surface area contributed by atoms with E-state index in [-0.39, 0.29) is 40.5 Å². The number of amides is 1. The highest BCUT2D eigenvalue weighted by atomic mass is 35.5. The van der Waals surface area contributed by atoms with Gasteiger partial charge < -0.3 is 29.7 Å². The number of hydrogen-bond donors (Lipinski definition) is 2. The van der Waals surface area contributed by atoms with Crippen LogP contribution in [0.25, 0.3) is 11.1 Å². The lowest BCUT2D eigenvalue weighted by atomic mass is 9.96. The topological polar surface area (TPSA) is 75.1 Å². The number of ether oxygens (including phenoxy) is 1. The van der Waals surface area contributed by atoms with Gasteiger partial charge in [-0.15, -0.1) is 0 Å². The number of nitrogens with zero attached hydrogens (tertiary/aromatic N) is 4. The summed E-state index contributed by atoms with van der Waals surface area (Å²) in [6, 6.07) is 4.77. The lowest BCUT2D eigenvalue weighted by Gasteiger charge is -2.45. The normalized spacial score (nSPS) is 22.9. The Balaban J connectivity index is 1.44. The highest BCUT2D eigenvalue weighted by molar-refractivity contribution is 6.34. The maximum Gasteiger partial charge on any atom is 0.246 e. The Morgan fingerprint density at radius 2 is 1.84 bits per heavy atom. The largest absolute Gasteiger partial charge is 0.489 e. The number of hydrogen-bond acceptors (Lipinski definition) is 6. The smallest absolute Gasteiger partial charge is 0.246 e. The number of fused-ring (bicyclic) bond motifs is 1. The number of benzene rings is 2. The van der Waals surface area contributed by atoms with Crippen LogP contribution in [0.4, 0.5) is 14.5 Å². The van der Waals surface area contributed by atoms with Gasteiger partial charge in [0.15, 0.2) is 5.75 Å². The summed E-state index contributed by atoms with van der Waals surface area (Å²) in [6.07, 6.45) is 3.16. The summed E-state index contributed by atoms with van der Waals surface area (Å²) in [4.78, 5) is 20.9. The number of carbonyl (C=O) groups excluding carboxylic acids is 1. The second-order valence-electron chi connectivity index (χ2n) is 11.9. The van der Waals surface area contributed by atoms with Crippen molar-refractivity contribution in [3.05, 3.63) is 59.1 Å². The molecule has 232 valence electrons. The van der Waals surface area contributed by atoms with Gasteiger partial charge in [0.1, 0.15) is 24.1 Å². The lowest BCUT2D eigenvalue weighted by molar-refractivity contribution is -0.130. The van der Waals surface area contributed by atoms with Crippen molar-refractivity contribution >= 4 is 29.0 Å². The zero-order chi connectivity index (χ0) is 30.8. The number of amidine groups is 1. The van der Waals surface area contributed by atoms with Crippen molar-refractivity contribution in [3.63, 3.8) is 0 Å². The van der Waals surface area contributed by atoms with Gasteiger partial charge >= 0.3 is 0 Å². The van der Waals surface area contributed by atoms with Crippen molar-refractivity contribution in [2.24, 2.45) is 0 Å². The quantitative estimate of drug-likeness (QED) is 0.262. The van der Waals surface area contributed by atoms with E-state index < -0.39 is 11.6 Å². The molecule has 43 heavy (non-hydrogen) atoms. The molecule has 0 spiro atoms. The summed E-state index contributed by atoms with van der Waals surface area (Å²) < 4.78 is 35.1. The summed E-state index contributed by atoms with van der Waals surface area (Å²) in [5.41, 5.74) is 1.58. The van der Waals surface area contributed by atoms with Gasteiger partial charge in [0.2, 0.25) is 5.91 Å². The molecule has 0 unspecified atom stereocenters. The van der Waals surface area contributed by atoms with Crippen LogP contribution in [0.2, 0.25) is 5.02 Å². The predicted octanol–water partition coefficient (Wildman–Crippen LogP) is 4.92. The molecule has 2 aromatic carbocycles. The van der Waals surface area contributed by atoms with Crippen LogP contribution in [0.15, 0.2) is 36.9 Å². The molecule has 2 fully saturated rings. The van der Waals surface area contributed by atoms with Crippen LogP contribution in [0.3, 0.4) is 0 Å². The molecule has 0 saturated carbocycles. The molecular weight excluding hydrogens is 574 g/mol. The number of halogens is 3. The van der Waals surface area contributed by atoms with E-state index in [4.69, 9.17) is 16.3 Å².